The standard InChI is InChI=1S/C11H17BrN4O/c1-2-13-10-14-5-8(12)9(16-10)15-6-11(7-17)3-4-11/h5,17H,2-4,6-7H2,1H3,(H2,13,14,15,16). The molecule has 0 bridgehead atoms. The van der Waals surface area contributed by atoms with Gasteiger partial charge in [-0.3, -0.25) is 0 Å². The highest BCUT2D eigenvalue weighted by molar-refractivity contribution is 9.10. The number of aromatic nitrogens is 2. The van der Waals surface area contributed by atoms with E-state index in [2.05, 4.69) is 36.5 Å². The third kappa shape index (κ3) is 3.07. The molecule has 0 radical (unpaired) electrons. The van der Waals surface area contributed by atoms with Gasteiger partial charge in [0, 0.05) is 24.7 Å². The maximum atomic E-state index is 9.25. The molecule has 0 spiro atoms. The molecule has 0 saturated heterocycles. The van der Waals surface area contributed by atoms with Gasteiger partial charge in [-0.05, 0) is 35.7 Å². The summed E-state index contributed by atoms with van der Waals surface area (Å²) in [6, 6.07) is 0. The summed E-state index contributed by atoms with van der Waals surface area (Å²) in [4.78, 5) is 8.52. The molecule has 0 unspecified atom stereocenters. The fourth-order valence-corrected chi connectivity index (χ4v) is 1.90. The van der Waals surface area contributed by atoms with E-state index in [1.54, 1.807) is 6.20 Å². The first kappa shape index (κ1) is 12.6. The van der Waals surface area contributed by atoms with E-state index in [4.69, 9.17) is 0 Å². The van der Waals surface area contributed by atoms with Gasteiger partial charge < -0.3 is 15.7 Å². The zero-order valence-electron chi connectivity index (χ0n) is 9.83. The van der Waals surface area contributed by atoms with Gasteiger partial charge in [0.2, 0.25) is 5.95 Å². The minimum absolute atomic E-state index is 0.0722. The maximum absolute atomic E-state index is 9.25. The van der Waals surface area contributed by atoms with Crippen LogP contribution < -0.4 is 10.6 Å². The number of nitrogens with zero attached hydrogens (tertiary/aromatic N) is 2. The molecule has 5 nitrogen and oxygen atoms in total. The highest BCUT2D eigenvalue weighted by Gasteiger charge is 2.41. The molecule has 1 aromatic heterocycles. The van der Waals surface area contributed by atoms with E-state index >= 15 is 0 Å². The van der Waals surface area contributed by atoms with Crippen molar-refractivity contribution >= 4 is 27.7 Å². The SMILES string of the molecule is CCNc1ncc(Br)c(NCC2(CO)CC2)n1. The van der Waals surface area contributed by atoms with Crippen LogP contribution >= 0.6 is 15.9 Å². The molecule has 0 aliphatic heterocycles. The highest BCUT2D eigenvalue weighted by atomic mass is 79.9. The van der Waals surface area contributed by atoms with E-state index in [9.17, 15) is 5.11 Å². The second-order valence-electron chi connectivity index (χ2n) is 4.43. The van der Waals surface area contributed by atoms with Crippen LogP contribution in [0.15, 0.2) is 10.7 Å². The van der Waals surface area contributed by atoms with E-state index in [0.29, 0.717) is 5.95 Å². The van der Waals surface area contributed by atoms with Crippen molar-refractivity contribution in [1.29, 1.82) is 0 Å². The van der Waals surface area contributed by atoms with Crippen LogP contribution in [0, 0.1) is 5.41 Å². The van der Waals surface area contributed by atoms with E-state index in [-0.39, 0.29) is 12.0 Å². The van der Waals surface area contributed by atoms with Crippen molar-refractivity contribution in [2.45, 2.75) is 19.8 Å². The van der Waals surface area contributed by atoms with Crippen LogP contribution in [0.3, 0.4) is 0 Å². The van der Waals surface area contributed by atoms with Crippen LogP contribution in [-0.2, 0) is 0 Å². The molecule has 1 aromatic rings. The molecule has 3 N–H and O–H groups in total. The number of aliphatic hydroxyl groups excluding tert-OH is 1. The monoisotopic (exact) mass is 300 g/mol. The van der Waals surface area contributed by atoms with Gasteiger partial charge in [0.15, 0.2) is 0 Å². The van der Waals surface area contributed by atoms with Gasteiger partial charge in [-0.1, -0.05) is 0 Å². The van der Waals surface area contributed by atoms with Gasteiger partial charge in [0.1, 0.15) is 5.82 Å². The summed E-state index contributed by atoms with van der Waals surface area (Å²) in [5, 5.41) is 15.6. The first-order valence-corrected chi connectivity index (χ1v) is 6.59. The van der Waals surface area contributed by atoms with E-state index in [1.807, 2.05) is 6.92 Å². The molecule has 6 heteroatoms. The molecule has 0 atom stereocenters. The molecule has 94 valence electrons. The van der Waals surface area contributed by atoms with Gasteiger partial charge in [-0.25, -0.2) is 4.98 Å². The highest BCUT2D eigenvalue weighted by Crippen LogP contribution is 2.45. The fourth-order valence-electron chi connectivity index (χ4n) is 1.57. The average molecular weight is 301 g/mol. The number of anilines is 2. The fraction of sp³-hybridized carbons (Fsp3) is 0.636. The normalized spacial score (nSPS) is 16.6. The Labute approximate surface area is 109 Å². The van der Waals surface area contributed by atoms with Crippen molar-refractivity contribution in [3.8, 4) is 0 Å². The van der Waals surface area contributed by atoms with Crippen molar-refractivity contribution in [2.24, 2.45) is 5.41 Å². The number of hydrogen-bond donors (Lipinski definition) is 3. The predicted molar refractivity (Wildman–Crippen MR) is 71.1 cm³/mol. The topological polar surface area (TPSA) is 70.1 Å². The minimum atomic E-state index is 0.0722. The molecule has 0 aromatic carbocycles. The van der Waals surface area contributed by atoms with Crippen molar-refractivity contribution in [3.05, 3.63) is 10.7 Å². The van der Waals surface area contributed by atoms with Crippen LogP contribution in [0.4, 0.5) is 11.8 Å². The molecule has 1 heterocycles. The zero-order valence-corrected chi connectivity index (χ0v) is 11.4. The Morgan fingerprint density at radius 2 is 2.24 bits per heavy atom. The molecule has 2 rings (SSSR count). The van der Waals surface area contributed by atoms with Gasteiger partial charge >= 0.3 is 0 Å². The zero-order chi connectivity index (χ0) is 12.3. The molecule has 0 amide bonds. The van der Waals surface area contributed by atoms with Crippen LogP contribution in [0.2, 0.25) is 0 Å². The van der Waals surface area contributed by atoms with Gasteiger partial charge in [0.25, 0.3) is 0 Å². The molecule has 1 aliphatic rings. The van der Waals surface area contributed by atoms with E-state index in [1.165, 1.54) is 0 Å². The summed E-state index contributed by atoms with van der Waals surface area (Å²) < 4.78 is 0.841. The Morgan fingerprint density at radius 1 is 1.47 bits per heavy atom. The Morgan fingerprint density at radius 3 is 2.82 bits per heavy atom. The molecule has 1 aliphatic carbocycles. The Balaban J connectivity index is 2.01. The summed E-state index contributed by atoms with van der Waals surface area (Å²) >= 11 is 3.41. The number of rotatable bonds is 6. The number of halogens is 1. The summed E-state index contributed by atoms with van der Waals surface area (Å²) in [6.45, 7) is 3.79. The Bertz CT molecular complexity index is 395. The van der Waals surface area contributed by atoms with Crippen molar-refractivity contribution in [1.82, 2.24) is 9.97 Å². The van der Waals surface area contributed by atoms with Gasteiger partial charge in [0.05, 0.1) is 11.1 Å². The lowest BCUT2D eigenvalue weighted by molar-refractivity contribution is 0.219. The molecular weight excluding hydrogens is 284 g/mol. The third-order valence-electron chi connectivity index (χ3n) is 3.00. The van der Waals surface area contributed by atoms with Crippen LogP contribution in [0.1, 0.15) is 19.8 Å². The lowest BCUT2D eigenvalue weighted by atomic mass is 10.1. The third-order valence-corrected chi connectivity index (χ3v) is 3.58. The molecular formula is C11H17BrN4O. The lowest BCUT2D eigenvalue weighted by Gasteiger charge is -2.14. The quantitative estimate of drug-likeness (QED) is 0.748. The summed E-state index contributed by atoms with van der Waals surface area (Å²) in [7, 11) is 0. The molecule has 17 heavy (non-hydrogen) atoms. The van der Waals surface area contributed by atoms with E-state index < -0.39 is 0 Å². The smallest absolute Gasteiger partial charge is 0.224 e. The number of hydrogen-bond acceptors (Lipinski definition) is 5. The molecule has 1 saturated carbocycles. The van der Waals surface area contributed by atoms with Crippen LogP contribution in [-0.4, -0.2) is 34.8 Å². The predicted octanol–water partition coefficient (Wildman–Crippen LogP) is 1.86. The first-order chi connectivity index (χ1) is 8.19. The second-order valence-corrected chi connectivity index (χ2v) is 5.29. The van der Waals surface area contributed by atoms with Gasteiger partial charge in [-0.15, -0.1) is 0 Å². The maximum Gasteiger partial charge on any atom is 0.224 e. The van der Waals surface area contributed by atoms with Crippen molar-refractivity contribution in [3.63, 3.8) is 0 Å². The summed E-state index contributed by atoms with van der Waals surface area (Å²) in [6.07, 6.45) is 3.89. The summed E-state index contributed by atoms with van der Waals surface area (Å²) in [5.74, 6) is 1.39. The Hall–Kier alpha value is -0.880. The average Bonchev–Trinajstić information content (AvgIpc) is 3.11. The number of nitrogens with one attached hydrogen (secondary N) is 2. The second kappa shape index (κ2) is 5.18. The van der Waals surface area contributed by atoms with Gasteiger partial charge in [-0.2, -0.15) is 4.98 Å². The number of aliphatic hydroxyl groups is 1. The summed E-state index contributed by atoms with van der Waals surface area (Å²) in [5.41, 5.74) is 0.0722. The minimum Gasteiger partial charge on any atom is -0.396 e. The van der Waals surface area contributed by atoms with E-state index in [0.717, 1.165) is 36.2 Å². The Kier molecular flexibility index (Phi) is 3.83. The molecule has 1 fully saturated rings. The van der Waals surface area contributed by atoms with Crippen molar-refractivity contribution < 1.29 is 5.11 Å². The largest absolute Gasteiger partial charge is 0.396 e. The van der Waals surface area contributed by atoms with Crippen LogP contribution in [0.25, 0.3) is 0 Å². The first-order valence-electron chi connectivity index (χ1n) is 5.80. The van der Waals surface area contributed by atoms with Crippen molar-refractivity contribution in [2.75, 3.05) is 30.3 Å². The lowest BCUT2D eigenvalue weighted by Crippen LogP contribution is -2.20. The van der Waals surface area contributed by atoms with Crippen LogP contribution in [0.5, 0.6) is 0 Å².